The number of nitrogens with one attached hydrogen (secondary N) is 1. The molecule has 0 saturated carbocycles. The van der Waals surface area contributed by atoms with Crippen LogP contribution in [0, 0.1) is 5.92 Å². The molecule has 0 bridgehead atoms. The topological polar surface area (TPSA) is 35.6 Å². The fourth-order valence-electron chi connectivity index (χ4n) is 3.15. The number of hydrogen-bond donors (Lipinski definition) is 1. The number of amides is 2. The van der Waals surface area contributed by atoms with Crippen molar-refractivity contribution in [1.29, 1.82) is 0 Å². The Labute approximate surface area is 147 Å². The number of carbonyl (C=O) groups excluding carboxylic acids is 1. The van der Waals surface area contributed by atoms with Crippen molar-refractivity contribution in [2.45, 2.75) is 46.1 Å². The molecular weight excluding hydrogens is 298 g/mol. The van der Waals surface area contributed by atoms with E-state index >= 15 is 0 Å². The molecule has 1 aliphatic rings. The van der Waals surface area contributed by atoms with E-state index in [1.54, 1.807) is 0 Å². The van der Waals surface area contributed by atoms with Crippen LogP contribution >= 0.6 is 0 Å². The molecule has 0 aromatic heterocycles. The molecular formula is C20H33N3O. The van der Waals surface area contributed by atoms with E-state index < -0.39 is 0 Å². The zero-order valence-electron chi connectivity index (χ0n) is 15.5. The van der Waals surface area contributed by atoms with Gasteiger partial charge in [0.05, 0.1) is 6.04 Å². The molecule has 1 saturated heterocycles. The Balaban J connectivity index is 1.83. The van der Waals surface area contributed by atoms with E-state index in [2.05, 4.69) is 43.1 Å². The van der Waals surface area contributed by atoms with Crippen LogP contribution in [0.4, 0.5) is 4.79 Å². The molecule has 134 valence electrons. The van der Waals surface area contributed by atoms with Gasteiger partial charge in [0, 0.05) is 26.2 Å². The van der Waals surface area contributed by atoms with Gasteiger partial charge in [-0.15, -0.1) is 0 Å². The lowest BCUT2D eigenvalue weighted by molar-refractivity contribution is 0.133. The normalized spacial score (nSPS) is 17.1. The van der Waals surface area contributed by atoms with E-state index in [-0.39, 0.29) is 12.1 Å². The lowest BCUT2D eigenvalue weighted by atomic mass is 10.0. The summed E-state index contributed by atoms with van der Waals surface area (Å²) in [5.74, 6) is 0.743. The number of carbonyl (C=O) groups is 1. The van der Waals surface area contributed by atoms with Gasteiger partial charge >= 0.3 is 6.03 Å². The van der Waals surface area contributed by atoms with E-state index in [0.29, 0.717) is 0 Å². The third kappa shape index (κ3) is 5.82. The van der Waals surface area contributed by atoms with Gasteiger partial charge in [-0.05, 0) is 30.9 Å². The molecule has 24 heavy (non-hydrogen) atoms. The summed E-state index contributed by atoms with van der Waals surface area (Å²) in [6.07, 6.45) is 3.27. The van der Waals surface area contributed by atoms with Gasteiger partial charge in [0.25, 0.3) is 0 Å². The molecule has 1 fully saturated rings. The van der Waals surface area contributed by atoms with Crippen molar-refractivity contribution >= 4 is 6.03 Å². The Kier molecular flexibility index (Phi) is 7.57. The predicted molar refractivity (Wildman–Crippen MR) is 100 cm³/mol. The fraction of sp³-hybridized carbons (Fsp3) is 0.650. The van der Waals surface area contributed by atoms with Gasteiger partial charge in [-0.1, -0.05) is 57.5 Å². The van der Waals surface area contributed by atoms with Gasteiger partial charge in [-0.25, -0.2) is 4.79 Å². The predicted octanol–water partition coefficient (Wildman–Crippen LogP) is 3.90. The van der Waals surface area contributed by atoms with Crippen LogP contribution in [-0.4, -0.2) is 48.6 Å². The van der Waals surface area contributed by atoms with Crippen molar-refractivity contribution in [2.75, 3.05) is 32.7 Å². The third-order valence-electron chi connectivity index (χ3n) is 4.76. The maximum atomic E-state index is 12.6. The molecule has 1 aromatic rings. The molecule has 0 spiro atoms. The zero-order valence-corrected chi connectivity index (χ0v) is 15.5. The lowest BCUT2D eigenvalue weighted by Gasteiger charge is -2.35. The average Bonchev–Trinajstić information content (AvgIpc) is 2.60. The van der Waals surface area contributed by atoms with Crippen molar-refractivity contribution in [3.8, 4) is 0 Å². The van der Waals surface area contributed by atoms with Gasteiger partial charge in [0.15, 0.2) is 0 Å². The van der Waals surface area contributed by atoms with E-state index in [4.69, 9.17) is 0 Å². The Morgan fingerprint density at radius 1 is 1.08 bits per heavy atom. The standard InChI is InChI=1S/C20H33N3O/c1-4-8-19(18-9-6-5-7-10-18)21-20(24)23-15-13-22(14-16-23)12-11-17(2)3/h5-7,9-10,17,19H,4,8,11-16H2,1-3H3,(H,21,24). The summed E-state index contributed by atoms with van der Waals surface area (Å²) >= 11 is 0. The van der Waals surface area contributed by atoms with Crippen molar-refractivity contribution in [3.63, 3.8) is 0 Å². The highest BCUT2D eigenvalue weighted by atomic mass is 16.2. The van der Waals surface area contributed by atoms with Crippen LogP contribution in [0.25, 0.3) is 0 Å². The number of nitrogens with zero attached hydrogens (tertiary/aromatic N) is 2. The van der Waals surface area contributed by atoms with Crippen molar-refractivity contribution in [2.24, 2.45) is 5.92 Å². The Hall–Kier alpha value is -1.55. The van der Waals surface area contributed by atoms with Crippen molar-refractivity contribution < 1.29 is 4.79 Å². The minimum Gasteiger partial charge on any atom is -0.331 e. The van der Waals surface area contributed by atoms with Crippen LogP contribution in [0.3, 0.4) is 0 Å². The highest BCUT2D eigenvalue weighted by molar-refractivity contribution is 5.74. The second-order valence-electron chi connectivity index (χ2n) is 7.21. The Morgan fingerprint density at radius 2 is 1.75 bits per heavy atom. The monoisotopic (exact) mass is 331 g/mol. The molecule has 1 atom stereocenters. The number of rotatable bonds is 7. The number of urea groups is 1. The van der Waals surface area contributed by atoms with Crippen LogP contribution in [0.1, 0.15) is 51.6 Å². The maximum Gasteiger partial charge on any atom is 0.317 e. The van der Waals surface area contributed by atoms with Gasteiger partial charge in [0.2, 0.25) is 0 Å². The van der Waals surface area contributed by atoms with Crippen LogP contribution in [-0.2, 0) is 0 Å². The number of benzene rings is 1. The van der Waals surface area contributed by atoms with Gasteiger partial charge in [-0.2, -0.15) is 0 Å². The molecule has 0 radical (unpaired) electrons. The molecule has 1 aliphatic heterocycles. The molecule has 1 unspecified atom stereocenters. The summed E-state index contributed by atoms with van der Waals surface area (Å²) < 4.78 is 0. The fourth-order valence-corrected chi connectivity index (χ4v) is 3.15. The Bertz CT molecular complexity index is 481. The largest absolute Gasteiger partial charge is 0.331 e. The van der Waals surface area contributed by atoms with E-state index in [9.17, 15) is 4.79 Å². The molecule has 4 nitrogen and oxygen atoms in total. The first kappa shape index (κ1) is 18.8. The smallest absolute Gasteiger partial charge is 0.317 e. The first-order chi connectivity index (χ1) is 11.6. The van der Waals surface area contributed by atoms with Gasteiger partial charge < -0.3 is 10.2 Å². The molecule has 1 aromatic carbocycles. The second kappa shape index (κ2) is 9.67. The number of piperazine rings is 1. The SMILES string of the molecule is CCCC(NC(=O)N1CCN(CCC(C)C)CC1)c1ccccc1. The van der Waals surface area contributed by atoms with Crippen molar-refractivity contribution in [3.05, 3.63) is 35.9 Å². The molecule has 1 N–H and O–H groups in total. The van der Waals surface area contributed by atoms with Gasteiger partial charge in [-0.3, -0.25) is 4.90 Å². The van der Waals surface area contributed by atoms with Crippen LogP contribution in [0.5, 0.6) is 0 Å². The van der Waals surface area contributed by atoms with Gasteiger partial charge in [0.1, 0.15) is 0 Å². The minimum absolute atomic E-state index is 0.0841. The highest BCUT2D eigenvalue weighted by Gasteiger charge is 2.23. The quantitative estimate of drug-likeness (QED) is 0.822. The van der Waals surface area contributed by atoms with Crippen molar-refractivity contribution in [1.82, 2.24) is 15.1 Å². The Morgan fingerprint density at radius 3 is 2.33 bits per heavy atom. The highest BCUT2D eigenvalue weighted by Crippen LogP contribution is 2.18. The van der Waals surface area contributed by atoms with E-state index in [1.807, 2.05) is 23.1 Å². The van der Waals surface area contributed by atoms with E-state index in [1.165, 1.54) is 12.0 Å². The first-order valence-corrected chi connectivity index (χ1v) is 9.43. The molecule has 2 amide bonds. The molecule has 4 heteroatoms. The molecule has 1 heterocycles. The lowest BCUT2D eigenvalue weighted by Crippen LogP contribution is -2.52. The average molecular weight is 332 g/mol. The summed E-state index contributed by atoms with van der Waals surface area (Å²) in [5, 5.41) is 3.24. The molecule has 2 rings (SSSR count). The van der Waals surface area contributed by atoms with Crippen LogP contribution in [0.2, 0.25) is 0 Å². The second-order valence-corrected chi connectivity index (χ2v) is 7.21. The van der Waals surface area contributed by atoms with Crippen LogP contribution < -0.4 is 5.32 Å². The maximum absolute atomic E-state index is 12.6. The minimum atomic E-state index is 0.0841. The summed E-state index contributed by atoms with van der Waals surface area (Å²) in [6.45, 7) is 11.5. The third-order valence-corrected chi connectivity index (χ3v) is 4.76. The van der Waals surface area contributed by atoms with Crippen LogP contribution in [0.15, 0.2) is 30.3 Å². The first-order valence-electron chi connectivity index (χ1n) is 9.43. The molecule has 0 aliphatic carbocycles. The summed E-state index contributed by atoms with van der Waals surface area (Å²) in [6, 6.07) is 10.5. The summed E-state index contributed by atoms with van der Waals surface area (Å²) in [5.41, 5.74) is 1.20. The zero-order chi connectivity index (χ0) is 17.4. The number of hydrogen-bond acceptors (Lipinski definition) is 2. The van der Waals surface area contributed by atoms with E-state index in [0.717, 1.165) is 51.5 Å². The summed E-state index contributed by atoms with van der Waals surface area (Å²) in [4.78, 5) is 17.1. The summed E-state index contributed by atoms with van der Waals surface area (Å²) in [7, 11) is 0.